The SMILES string of the molecule is O=S(=O)(Nc1cccc(CBr)c1)c1cccc2c1N=S=N2. The minimum Gasteiger partial charge on any atom is -0.280 e. The maximum Gasteiger partial charge on any atom is 0.264 e. The minimum atomic E-state index is -3.70. The van der Waals surface area contributed by atoms with Gasteiger partial charge in [-0.25, -0.2) is 8.42 Å². The van der Waals surface area contributed by atoms with Crippen LogP contribution in [0.25, 0.3) is 0 Å². The summed E-state index contributed by atoms with van der Waals surface area (Å²) in [6.45, 7) is 0. The van der Waals surface area contributed by atoms with Gasteiger partial charge in [-0.05, 0) is 29.8 Å². The van der Waals surface area contributed by atoms with Gasteiger partial charge in [0.15, 0.2) is 0 Å². The lowest BCUT2D eigenvalue weighted by atomic mass is 10.2. The number of sulfonamides is 1. The molecule has 1 aliphatic heterocycles. The summed E-state index contributed by atoms with van der Waals surface area (Å²) in [5.41, 5.74) is 2.49. The van der Waals surface area contributed by atoms with Crippen molar-refractivity contribution in [1.29, 1.82) is 0 Å². The first kappa shape index (κ1) is 14.4. The maximum atomic E-state index is 12.5. The van der Waals surface area contributed by atoms with Crippen molar-refractivity contribution in [2.24, 2.45) is 8.73 Å². The molecule has 0 saturated carbocycles. The molecule has 0 bridgehead atoms. The Hall–Kier alpha value is -1.51. The van der Waals surface area contributed by atoms with Gasteiger partial charge in [-0.2, -0.15) is 8.73 Å². The van der Waals surface area contributed by atoms with Crippen LogP contribution in [-0.4, -0.2) is 8.42 Å². The quantitative estimate of drug-likeness (QED) is 0.688. The molecule has 8 heteroatoms. The number of rotatable bonds is 4. The number of hydrogen-bond acceptors (Lipinski definition) is 4. The Morgan fingerprint density at radius 2 is 1.95 bits per heavy atom. The highest BCUT2D eigenvalue weighted by atomic mass is 79.9. The lowest BCUT2D eigenvalue weighted by Crippen LogP contribution is -2.13. The molecule has 108 valence electrons. The lowest BCUT2D eigenvalue weighted by molar-refractivity contribution is 0.601. The highest BCUT2D eigenvalue weighted by Crippen LogP contribution is 2.37. The van der Waals surface area contributed by atoms with Gasteiger partial charge >= 0.3 is 0 Å². The van der Waals surface area contributed by atoms with Gasteiger partial charge in [-0.15, -0.1) is 0 Å². The van der Waals surface area contributed by atoms with Crippen molar-refractivity contribution >= 4 is 54.4 Å². The van der Waals surface area contributed by atoms with E-state index in [1.807, 2.05) is 6.07 Å². The number of benzene rings is 2. The molecule has 1 heterocycles. The number of anilines is 1. The summed E-state index contributed by atoms with van der Waals surface area (Å²) in [4.78, 5) is 0.137. The van der Waals surface area contributed by atoms with E-state index < -0.39 is 10.0 Å². The van der Waals surface area contributed by atoms with Gasteiger partial charge in [-0.3, -0.25) is 4.72 Å². The molecule has 1 N–H and O–H groups in total. The van der Waals surface area contributed by atoms with Gasteiger partial charge in [0.1, 0.15) is 16.3 Å². The molecular weight excluding hydrogens is 374 g/mol. The van der Waals surface area contributed by atoms with E-state index >= 15 is 0 Å². The van der Waals surface area contributed by atoms with Crippen LogP contribution < -0.4 is 4.72 Å². The van der Waals surface area contributed by atoms with E-state index in [9.17, 15) is 8.42 Å². The summed E-state index contributed by atoms with van der Waals surface area (Å²) in [6, 6.07) is 12.1. The molecule has 0 atom stereocenters. The second-order valence-electron chi connectivity index (χ2n) is 4.33. The molecule has 2 aromatic carbocycles. The number of halogens is 1. The molecule has 5 nitrogen and oxygen atoms in total. The Morgan fingerprint density at radius 3 is 2.76 bits per heavy atom. The number of nitrogens with zero attached hydrogens (tertiary/aromatic N) is 2. The molecule has 0 amide bonds. The van der Waals surface area contributed by atoms with Crippen molar-refractivity contribution in [1.82, 2.24) is 0 Å². The Morgan fingerprint density at radius 1 is 1.14 bits per heavy atom. The molecule has 0 saturated heterocycles. The molecule has 1 aliphatic rings. The summed E-state index contributed by atoms with van der Waals surface area (Å²) in [5, 5.41) is 0.661. The predicted molar refractivity (Wildman–Crippen MR) is 87.9 cm³/mol. The molecule has 0 aliphatic carbocycles. The Labute approximate surface area is 134 Å². The van der Waals surface area contributed by atoms with Crippen molar-refractivity contribution in [2.45, 2.75) is 10.2 Å². The van der Waals surface area contributed by atoms with Crippen molar-refractivity contribution in [3.05, 3.63) is 48.0 Å². The van der Waals surface area contributed by atoms with Crippen LogP contribution in [0.5, 0.6) is 0 Å². The average molecular weight is 384 g/mol. The van der Waals surface area contributed by atoms with Gasteiger partial charge in [0, 0.05) is 11.0 Å². The molecule has 21 heavy (non-hydrogen) atoms. The maximum absolute atomic E-state index is 12.5. The molecule has 3 rings (SSSR count). The molecule has 0 unspecified atom stereocenters. The van der Waals surface area contributed by atoms with Crippen molar-refractivity contribution < 1.29 is 8.42 Å². The summed E-state index contributed by atoms with van der Waals surface area (Å²) in [7, 11) is -3.70. The van der Waals surface area contributed by atoms with Gasteiger partial charge in [0.2, 0.25) is 0 Å². The summed E-state index contributed by atoms with van der Waals surface area (Å²) in [6.07, 6.45) is 0. The van der Waals surface area contributed by atoms with E-state index in [-0.39, 0.29) is 4.90 Å². The van der Waals surface area contributed by atoms with E-state index in [2.05, 4.69) is 29.4 Å². The molecule has 2 aromatic rings. The highest BCUT2D eigenvalue weighted by molar-refractivity contribution is 9.08. The third-order valence-corrected chi connectivity index (χ3v) is 5.47. The zero-order valence-electron chi connectivity index (χ0n) is 10.7. The van der Waals surface area contributed by atoms with Crippen LogP contribution in [0.4, 0.5) is 17.1 Å². The first-order valence-corrected chi connectivity index (χ1v) is 9.33. The van der Waals surface area contributed by atoms with E-state index in [1.54, 1.807) is 30.3 Å². The smallest absolute Gasteiger partial charge is 0.264 e. The van der Waals surface area contributed by atoms with E-state index in [4.69, 9.17) is 0 Å². The van der Waals surface area contributed by atoms with Crippen LogP contribution >= 0.6 is 15.9 Å². The predicted octanol–water partition coefficient (Wildman–Crippen LogP) is 4.11. The summed E-state index contributed by atoms with van der Waals surface area (Å²) in [5.74, 6) is 0. The highest BCUT2D eigenvalue weighted by Gasteiger charge is 2.22. The van der Waals surface area contributed by atoms with Crippen LogP contribution in [0.1, 0.15) is 5.56 Å². The normalized spacial score (nSPS) is 12.8. The first-order chi connectivity index (χ1) is 10.1. The number of nitrogens with one attached hydrogen (secondary N) is 1. The van der Waals surface area contributed by atoms with Gasteiger partial charge < -0.3 is 0 Å². The summed E-state index contributed by atoms with van der Waals surface area (Å²) >= 11 is 4.35. The monoisotopic (exact) mass is 383 g/mol. The van der Waals surface area contributed by atoms with E-state index in [1.165, 1.54) is 6.07 Å². The van der Waals surface area contributed by atoms with Crippen LogP contribution in [0.15, 0.2) is 56.1 Å². The van der Waals surface area contributed by atoms with Crippen molar-refractivity contribution in [3.8, 4) is 0 Å². The zero-order valence-corrected chi connectivity index (χ0v) is 13.9. The van der Waals surface area contributed by atoms with Crippen LogP contribution in [0, 0.1) is 0 Å². The number of hydrogen-bond donors (Lipinski definition) is 1. The molecule has 0 aromatic heterocycles. The van der Waals surface area contributed by atoms with E-state index in [0.717, 1.165) is 16.9 Å². The molecule has 0 fully saturated rings. The minimum absolute atomic E-state index is 0.137. The Kier molecular flexibility index (Phi) is 3.92. The third kappa shape index (κ3) is 2.92. The largest absolute Gasteiger partial charge is 0.280 e. The average Bonchev–Trinajstić information content (AvgIpc) is 2.95. The van der Waals surface area contributed by atoms with Gasteiger partial charge in [-0.1, -0.05) is 34.1 Å². The lowest BCUT2D eigenvalue weighted by Gasteiger charge is -2.10. The van der Waals surface area contributed by atoms with Crippen molar-refractivity contribution in [3.63, 3.8) is 0 Å². The Balaban J connectivity index is 1.98. The first-order valence-electron chi connectivity index (χ1n) is 5.99. The fourth-order valence-electron chi connectivity index (χ4n) is 1.93. The third-order valence-electron chi connectivity index (χ3n) is 2.87. The fourth-order valence-corrected chi connectivity index (χ4v) is 4.09. The fraction of sp³-hybridized carbons (Fsp3) is 0.0769. The standard InChI is InChI=1S/C13H10BrN3O2S2/c14-8-9-3-1-4-10(7-9)17-21(18,19)12-6-2-5-11-13(12)16-20-15-11/h1-7,17H,8H2. The van der Waals surface area contributed by atoms with Crippen molar-refractivity contribution in [2.75, 3.05) is 4.72 Å². The molecule has 0 radical (unpaired) electrons. The van der Waals surface area contributed by atoms with Crippen LogP contribution in [0.3, 0.4) is 0 Å². The molecular formula is C13H10BrN3O2S2. The van der Waals surface area contributed by atoms with E-state index in [0.29, 0.717) is 22.4 Å². The number of fused-ring (bicyclic) bond motifs is 1. The van der Waals surface area contributed by atoms with Gasteiger partial charge in [0.05, 0.1) is 11.4 Å². The second-order valence-corrected chi connectivity index (χ2v) is 7.07. The second kappa shape index (κ2) is 5.70. The van der Waals surface area contributed by atoms with Gasteiger partial charge in [0.25, 0.3) is 10.0 Å². The zero-order chi connectivity index (χ0) is 14.9. The van der Waals surface area contributed by atoms with Crippen LogP contribution in [-0.2, 0) is 26.7 Å². The summed E-state index contributed by atoms with van der Waals surface area (Å²) < 4.78 is 35.8. The van der Waals surface area contributed by atoms with Crippen LogP contribution in [0.2, 0.25) is 0 Å². The topological polar surface area (TPSA) is 70.9 Å². The Bertz CT molecular complexity index is 875. The molecule has 0 spiro atoms. The number of alkyl halides is 1.